The molecule has 0 spiro atoms. The van der Waals surface area contributed by atoms with E-state index in [0.717, 1.165) is 10.6 Å². The standard InChI is InChI=1S/C21H26N2O6S/c1-6-19(29-16-12-10-15(11-13-16)23(3)30(5,26)27)20(24)22-18-9-7-8-17(14(18)2)21(25)28-4/h7-13,19H,6H2,1-5H3,(H,22,24). The minimum atomic E-state index is -3.36. The molecule has 0 aliphatic heterocycles. The number of esters is 1. The van der Waals surface area contributed by atoms with E-state index in [4.69, 9.17) is 9.47 Å². The lowest BCUT2D eigenvalue weighted by Crippen LogP contribution is -2.32. The van der Waals surface area contributed by atoms with Gasteiger partial charge < -0.3 is 14.8 Å². The van der Waals surface area contributed by atoms with Crippen molar-refractivity contribution < 1.29 is 27.5 Å². The van der Waals surface area contributed by atoms with Gasteiger partial charge in [0.25, 0.3) is 5.91 Å². The van der Waals surface area contributed by atoms with Crippen LogP contribution in [0.4, 0.5) is 11.4 Å². The average molecular weight is 435 g/mol. The van der Waals surface area contributed by atoms with Gasteiger partial charge in [0.1, 0.15) is 5.75 Å². The first-order valence-corrected chi connectivity index (χ1v) is 11.1. The summed E-state index contributed by atoms with van der Waals surface area (Å²) >= 11 is 0. The van der Waals surface area contributed by atoms with Crippen molar-refractivity contribution in [2.24, 2.45) is 0 Å². The summed E-state index contributed by atoms with van der Waals surface area (Å²) in [7, 11) is -0.610. The zero-order valence-electron chi connectivity index (χ0n) is 17.6. The van der Waals surface area contributed by atoms with E-state index in [2.05, 4.69) is 5.32 Å². The van der Waals surface area contributed by atoms with Gasteiger partial charge in [-0.1, -0.05) is 13.0 Å². The first-order valence-electron chi connectivity index (χ1n) is 9.27. The van der Waals surface area contributed by atoms with Crippen LogP contribution in [-0.4, -0.2) is 46.8 Å². The van der Waals surface area contributed by atoms with Gasteiger partial charge in [-0.15, -0.1) is 0 Å². The normalized spacial score (nSPS) is 12.0. The fourth-order valence-corrected chi connectivity index (χ4v) is 3.23. The Morgan fingerprint density at radius 3 is 2.30 bits per heavy atom. The van der Waals surface area contributed by atoms with Crippen molar-refractivity contribution in [1.82, 2.24) is 0 Å². The van der Waals surface area contributed by atoms with E-state index in [1.54, 1.807) is 49.4 Å². The molecule has 9 heteroatoms. The number of hydrogen-bond donors (Lipinski definition) is 1. The van der Waals surface area contributed by atoms with E-state index in [1.807, 2.05) is 6.92 Å². The minimum absolute atomic E-state index is 0.361. The molecule has 1 amide bonds. The van der Waals surface area contributed by atoms with E-state index >= 15 is 0 Å². The first-order chi connectivity index (χ1) is 14.1. The molecule has 0 fully saturated rings. The number of anilines is 2. The number of hydrogen-bond acceptors (Lipinski definition) is 6. The maximum Gasteiger partial charge on any atom is 0.338 e. The molecule has 2 aromatic rings. The van der Waals surface area contributed by atoms with Crippen molar-refractivity contribution in [2.45, 2.75) is 26.4 Å². The van der Waals surface area contributed by atoms with E-state index < -0.39 is 22.1 Å². The van der Waals surface area contributed by atoms with E-state index in [0.29, 0.717) is 34.7 Å². The van der Waals surface area contributed by atoms with Crippen LogP contribution in [0.1, 0.15) is 29.3 Å². The molecule has 0 aromatic heterocycles. The third-order valence-electron chi connectivity index (χ3n) is 4.64. The number of benzene rings is 2. The van der Waals surface area contributed by atoms with Crippen LogP contribution in [0.25, 0.3) is 0 Å². The minimum Gasteiger partial charge on any atom is -0.481 e. The Labute approximate surface area is 176 Å². The fourth-order valence-electron chi connectivity index (χ4n) is 2.73. The van der Waals surface area contributed by atoms with Crippen molar-refractivity contribution >= 4 is 33.3 Å². The number of carbonyl (C=O) groups is 2. The Kier molecular flexibility index (Phi) is 7.44. The maximum absolute atomic E-state index is 12.7. The van der Waals surface area contributed by atoms with Gasteiger partial charge in [-0.25, -0.2) is 13.2 Å². The second-order valence-corrected chi connectivity index (χ2v) is 8.71. The molecule has 1 atom stereocenters. The van der Waals surface area contributed by atoms with Crippen LogP contribution < -0.4 is 14.4 Å². The van der Waals surface area contributed by atoms with Gasteiger partial charge in [0.2, 0.25) is 10.0 Å². The van der Waals surface area contributed by atoms with Crippen LogP contribution in [0.5, 0.6) is 5.75 Å². The van der Waals surface area contributed by atoms with E-state index in [1.165, 1.54) is 14.2 Å². The Balaban J connectivity index is 2.13. The molecule has 0 saturated heterocycles. The van der Waals surface area contributed by atoms with Gasteiger partial charge in [0.15, 0.2) is 6.10 Å². The summed E-state index contributed by atoms with van der Waals surface area (Å²) in [5.41, 5.74) is 1.95. The number of methoxy groups -OCH3 is 1. The molecule has 2 rings (SSSR count). The molecule has 1 unspecified atom stereocenters. The molecule has 162 valence electrons. The van der Waals surface area contributed by atoms with Crippen LogP contribution in [-0.2, 0) is 19.6 Å². The summed E-state index contributed by atoms with van der Waals surface area (Å²) in [6.07, 6.45) is 0.753. The lowest BCUT2D eigenvalue weighted by atomic mass is 10.1. The van der Waals surface area contributed by atoms with Crippen LogP contribution in [0.15, 0.2) is 42.5 Å². The number of amides is 1. The molecule has 0 saturated carbocycles. The predicted octanol–water partition coefficient (Wildman–Crippen LogP) is 2.97. The molecule has 8 nitrogen and oxygen atoms in total. The number of sulfonamides is 1. The topological polar surface area (TPSA) is 102 Å². The van der Waals surface area contributed by atoms with Gasteiger partial charge >= 0.3 is 5.97 Å². The van der Waals surface area contributed by atoms with Gasteiger partial charge in [-0.2, -0.15) is 0 Å². The number of carbonyl (C=O) groups excluding carboxylic acids is 2. The summed E-state index contributed by atoms with van der Waals surface area (Å²) in [6, 6.07) is 11.4. The first kappa shape index (κ1) is 23.2. The van der Waals surface area contributed by atoms with Gasteiger partial charge in [-0.3, -0.25) is 9.10 Å². The number of nitrogens with zero attached hydrogens (tertiary/aromatic N) is 1. The van der Waals surface area contributed by atoms with Crippen molar-refractivity contribution in [3.8, 4) is 5.75 Å². The van der Waals surface area contributed by atoms with Gasteiger partial charge in [-0.05, 0) is 55.3 Å². The van der Waals surface area contributed by atoms with Crippen molar-refractivity contribution in [2.75, 3.05) is 30.0 Å². The highest BCUT2D eigenvalue weighted by Crippen LogP contribution is 2.23. The van der Waals surface area contributed by atoms with Crippen LogP contribution in [0.2, 0.25) is 0 Å². The smallest absolute Gasteiger partial charge is 0.338 e. The highest BCUT2D eigenvalue weighted by molar-refractivity contribution is 7.92. The Hall–Kier alpha value is -3.07. The summed E-state index contributed by atoms with van der Waals surface area (Å²) in [5.74, 6) is -0.409. The predicted molar refractivity (Wildman–Crippen MR) is 116 cm³/mol. The quantitative estimate of drug-likeness (QED) is 0.641. The van der Waals surface area contributed by atoms with Crippen molar-refractivity contribution in [3.05, 3.63) is 53.6 Å². The zero-order valence-corrected chi connectivity index (χ0v) is 18.4. The average Bonchev–Trinajstić information content (AvgIpc) is 2.72. The fraction of sp³-hybridized carbons (Fsp3) is 0.333. The van der Waals surface area contributed by atoms with Gasteiger partial charge in [0, 0.05) is 12.7 Å². The Morgan fingerprint density at radius 1 is 1.13 bits per heavy atom. The molecule has 1 N–H and O–H groups in total. The van der Waals surface area contributed by atoms with E-state index in [9.17, 15) is 18.0 Å². The number of nitrogens with one attached hydrogen (secondary N) is 1. The van der Waals surface area contributed by atoms with Crippen molar-refractivity contribution in [3.63, 3.8) is 0 Å². The lowest BCUT2D eigenvalue weighted by Gasteiger charge is -2.20. The highest BCUT2D eigenvalue weighted by Gasteiger charge is 2.21. The molecule has 0 heterocycles. The molecule has 2 aromatic carbocycles. The Bertz CT molecular complexity index is 1020. The van der Waals surface area contributed by atoms with Crippen molar-refractivity contribution in [1.29, 1.82) is 0 Å². The number of rotatable bonds is 8. The molecular weight excluding hydrogens is 408 g/mol. The Morgan fingerprint density at radius 2 is 1.77 bits per heavy atom. The summed E-state index contributed by atoms with van der Waals surface area (Å²) < 4.78 is 34.9. The van der Waals surface area contributed by atoms with Crippen LogP contribution in [0, 0.1) is 6.92 Å². The maximum atomic E-state index is 12.7. The van der Waals surface area contributed by atoms with Crippen LogP contribution >= 0.6 is 0 Å². The summed E-state index contributed by atoms with van der Waals surface area (Å²) in [5, 5.41) is 2.79. The summed E-state index contributed by atoms with van der Waals surface area (Å²) in [4.78, 5) is 24.6. The van der Waals surface area contributed by atoms with Gasteiger partial charge in [0.05, 0.1) is 24.6 Å². The lowest BCUT2D eigenvalue weighted by molar-refractivity contribution is -0.122. The third-order valence-corrected chi connectivity index (χ3v) is 5.84. The van der Waals surface area contributed by atoms with Crippen LogP contribution in [0.3, 0.4) is 0 Å². The SMILES string of the molecule is CCC(Oc1ccc(N(C)S(C)(=O)=O)cc1)C(=O)Nc1cccc(C(=O)OC)c1C. The monoisotopic (exact) mass is 434 g/mol. The zero-order chi connectivity index (χ0) is 22.5. The molecule has 30 heavy (non-hydrogen) atoms. The number of ether oxygens (including phenoxy) is 2. The highest BCUT2D eigenvalue weighted by atomic mass is 32.2. The summed E-state index contributed by atoms with van der Waals surface area (Å²) in [6.45, 7) is 3.54. The van der Waals surface area contributed by atoms with E-state index in [-0.39, 0.29) is 5.91 Å². The second kappa shape index (κ2) is 9.62. The largest absolute Gasteiger partial charge is 0.481 e. The molecule has 0 bridgehead atoms. The second-order valence-electron chi connectivity index (χ2n) is 6.70. The molecular formula is C21H26N2O6S. The molecule has 0 aliphatic rings. The third kappa shape index (κ3) is 5.50. The molecule has 0 radical (unpaired) electrons. The molecule has 0 aliphatic carbocycles.